The van der Waals surface area contributed by atoms with Crippen LogP contribution in [0.2, 0.25) is 0 Å². The predicted molar refractivity (Wildman–Crippen MR) is 49.5 cm³/mol. The van der Waals surface area contributed by atoms with Crippen molar-refractivity contribution in [2.24, 2.45) is 0 Å². The number of carbonyl (C=O) groups is 1. The van der Waals surface area contributed by atoms with E-state index < -0.39 is 12.0 Å². The molecule has 1 heterocycles. The molecule has 6 heteroatoms. The van der Waals surface area contributed by atoms with Crippen LogP contribution >= 0.6 is 0 Å². The van der Waals surface area contributed by atoms with Crippen molar-refractivity contribution in [1.82, 2.24) is 9.80 Å². The molecule has 2 unspecified atom stereocenters. The van der Waals surface area contributed by atoms with Gasteiger partial charge in [-0.15, -0.1) is 0 Å². The molecular formula is C9H17LiN2O3. The van der Waals surface area contributed by atoms with Crippen LogP contribution in [-0.4, -0.2) is 61.8 Å². The number of nitrogens with zero attached hydrogens (tertiary/aromatic N) is 2. The van der Waals surface area contributed by atoms with Crippen LogP contribution in [0.4, 0.5) is 0 Å². The number of aliphatic carboxylic acids is 1. The summed E-state index contributed by atoms with van der Waals surface area (Å²) in [6.45, 7) is 3.82. The van der Waals surface area contributed by atoms with E-state index in [0.717, 1.165) is 13.1 Å². The zero-order chi connectivity index (χ0) is 10.7. The van der Waals surface area contributed by atoms with E-state index in [1.807, 2.05) is 11.9 Å². The van der Waals surface area contributed by atoms with E-state index in [1.54, 1.807) is 14.0 Å². The van der Waals surface area contributed by atoms with Crippen LogP contribution in [0.1, 0.15) is 6.92 Å². The minimum absolute atomic E-state index is 0. The van der Waals surface area contributed by atoms with Crippen molar-refractivity contribution in [2.75, 3.05) is 33.8 Å². The largest absolute Gasteiger partial charge is 1.00 e. The fourth-order valence-electron chi connectivity index (χ4n) is 1.62. The second-order valence-electron chi connectivity index (χ2n) is 3.66. The molecule has 0 radical (unpaired) electrons. The first-order valence-corrected chi connectivity index (χ1v) is 4.74. The van der Waals surface area contributed by atoms with Crippen molar-refractivity contribution in [3.63, 3.8) is 0 Å². The fraction of sp³-hybridized carbons (Fsp3) is 0.889. The van der Waals surface area contributed by atoms with Gasteiger partial charge in [-0.3, -0.25) is 9.80 Å². The Kier molecular flexibility index (Phi) is 6.49. The van der Waals surface area contributed by atoms with Gasteiger partial charge in [-0.05, 0) is 14.0 Å². The molecule has 0 aromatic rings. The van der Waals surface area contributed by atoms with Crippen molar-refractivity contribution in [2.45, 2.75) is 19.2 Å². The number of carbonyl (C=O) groups excluding carboxylic acids is 1. The van der Waals surface area contributed by atoms with E-state index >= 15 is 0 Å². The molecule has 0 aromatic carbocycles. The van der Waals surface area contributed by atoms with Gasteiger partial charge in [0.2, 0.25) is 0 Å². The van der Waals surface area contributed by atoms with Gasteiger partial charge in [0.15, 0.2) is 0 Å². The number of piperazine rings is 1. The molecule has 15 heavy (non-hydrogen) atoms. The van der Waals surface area contributed by atoms with Gasteiger partial charge in [-0.2, -0.15) is 0 Å². The van der Waals surface area contributed by atoms with Crippen LogP contribution in [0.15, 0.2) is 0 Å². The zero-order valence-corrected chi connectivity index (χ0v) is 9.90. The Hall–Kier alpha value is -0.0526. The van der Waals surface area contributed by atoms with Crippen molar-refractivity contribution >= 4 is 5.97 Å². The van der Waals surface area contributed by atoms with Gasteiger partial charge in [0.1, 0.15) is 6.23 Å². The Labute approximate surface area is 103 Å². The topological polar surface area (TPSA) is 55.8 Å². The van der Waals surface area contributed by atoms with E-state index in [4.69, 9.17) is 4.74 Å². The summed E-state index contributed by atoms with van der Waals surface area (Å²) >= 11 is 0. The SMILES string of the molecule is COC1CN(C(C)C(=O)[O-])CCN1C.[Li+]. The van der Waals surface area contributed by atoms with E-state index in [0.29, 0.717) is 6.54 Å². The number of carboxylic acids is 1. The average molecular weight is 208 g/mol. The second kappa shape index (κ2) is 6.51. The Morgan fingerprint density at radius 2 is 2.13 bits per heavy atom. The third-order valence-electron chi connectivity index (χ3n) is 2.78. The molecule has 82 valence electrons. The summed E-state index contributed by atoms with van der Waals surface area (Å²) < 4.78 is 5.23. The minimum atomic E-state index is -1.02. The molecule has 0 spiro atoms. The molecule has 0 saturated carbocycles. The fourth-order valence-corrected chi connectivity index (χ4v) is 1.62. The smallest absolute Gasteiger partial charge is 0.548 e. The van der Waals surface area contributed by atoms with Crippen LogP contribution in [0, 0.1) is 0 Å². The van der Waals surface area contributed by atoms with Crippen LogP contribution in [-0.2, 0) is 9.53 Å². The number of likely N-dealkylation sites (N-methyl/N-ethyl adjacent to an activating group) is 1. The Balaban J connectivity index is 0.00000196. The van der Waals surface area contributed by atoms with Crippen molar-refractivity contribution < 1.29 is 33.5 Å². The van der Waals surface area contributed by atoms with E-state index in [1.165, 1.54) is 0 Å². The predicted octanol–water partition coefficient (Wildman–Crippen LogP) is -4.65. The maximum Gasteiger partial charge on any atom is 1.00 e. The first kappa shape index (κ1) is 14.9. The molecule has 1 aliphatic heterocycles. The first-order chi connectivity index (χ1) is 6.56. The molecule has 1 aliphatic rings. The van der Waals surface area contributed by atoms with Gasteiger partial charge in [-0.25, -0.2) is 0 Å². The molecule has 1 rings (SSSR count). The van der Waals surface area contributed by atoms with Gasteiger partial charge >= 0.3 is 18.9 Å². The monoisotopic (exact) mass is 208 g/mol. The molecule has 0 N–H and O–H groups in total. The third kappa shape index (κ3) is 3.78. The number of hydrogen-bond donors (Lipinski definition) is 0. The van der Waals surface area contributed by atoms with Gasteiger partial charge in [0.05, 0.1) is 5.97 Å². The summed E-state index contributed by atoms with van der Waals surface area (Å²) in [4.78, 5) is 14.6. The summed E-state index contributed by atoms with van der Waals surface area (Å²) in [7, 11) is 3.60. The van der Waals surface area contributed by atoms with Crippen molar-refractivity contribution in [3.05, 3.63) is 0 Å². The Bertz CT molecular complexity index is 216. The summed E-state index contributed by atoms with van der Waals surface area (Å²) in [5, 5.41) is 10.7. The number of methoxy groups -OCH3 is 1. The first-order valence-electron chi connectivity index (χ1n) is 4.74. The maximum atomic E-state index is 10.7. The Morgan fingerprint density at radius 3 is 2.60 bits per heavy atom. The third-order valence-corrected chi connectivity index (χ3v) is 2.78. The maximum absolute atomic E-state index is 10.7. The number of hydrogen-bond acceptors (Lipinski definition) is 5. The van der Waals surface area contributed by atoms with E-state index in [9.17, 15) is 9.90 Å². The van der Waals surface area contributed by atoms with Gasteiger partial charge < -0.3 is 14.6 Å². The van der Waals surface area contributed by atoms with Crippen molar-refractivity contribution in [3.8, 4) is 0 Å². The van der Waals surface area contributed by atoms with Gasteiger partial charge in [0.25, 0.3) is 0 Å². The van der Waals surface area contributed by atoms with Crippen LogP contribution in [0.25, 0.3) is 0 Å². The van der Waals surface area contributed by atoms with Crippen LogP contribution < -0.4 is 24.0 Å². The van der Waals surface area contributed by atoms with Gasteiger partial charge in [0, 0.05) is 32.8 Å². The molecule has 1 saturated heterocycles. The minimum Gasteiger partial charge on any atom is -0.548 e. The molecule has 0 amide bonds. The molecule has 5 nitrogen and oxygen atoms in total. The molecule has 0 aliphatic carbocycles. The summed E-state index contributed by atoms with van der Waals surface area (Å²) in [6.07, 6.45) is -0.0226. The molecule has 0 aromatic heterocycles. The van der Waals surface area contributed by atoms with Gasteiger partial charge in [-0.1, -0.05) is 0 Å². The van der Waals surface area contributed by atoms with Crippen molar-refractivity contribution in [1.29, 1.82) is 0 Å². The number of carboxylic acid groups (broad SMARTS) is 1. The molecule has 2 atom stereocenters. The van der Waals surface area contributed by atoms with E-state index in [2.05, 4.69) is 4.90 Å². The second-order valence-corrected chi connectivity index (χ2v) is 3.66. The molecular weight excluding hydrogens is 191 g/mol. The van der Waals surface area contributed by atoms with Crippen LogP contribution in [0.3, 0.4) is 0 Å². The summed E-state index contributed by atoms with van der Waals surface area (Å²) in [5.41, 5.74) is 0. The average Bonchev–Trinajstić information content (AvgIpc) is 2.17. The summed E-state index contributed by atoms with van der Waals surface area (Å²) in [6, 6.07) is -0.540. The van der Waals surface area contributed by atoms with Crippen LogP contribution in [0.5, 0.6) is 0 Å². The number of rotatable bonds is 3. The zero-order valence-electron chi connectivity index (χ0n) is 9.90. The quantitative estimate of drug-likeness (QED) is 0.436. The molecule has 0 bridgehead atoms. The Morgan fingerprint density at radius 1 is 1.53 bits per heavy atom. The standard InChI is InChI=1S/C9H18N2O3.Li/c1-7(9(12)13)11-5-4-10(2)8(6-11)14-3;/h7-8H,4-6H2,1-3H3,(H,12,13);/q;+1/p-1. The van der Waals surface area contributed by atoms with E-state index in [-0.39, 0.29) is 25.1 Å². The summed E-state index contributed by atoms with van der Waals surface area (Å²) in [5.74, 6) is -1.02. The molecule has 1 fully saturated rings. The number of ether oxygens (including phenoxy) is 1. The normalized spacial score (nSPS) is 25.7.